The fourth-order valence-corrected chi connectivity index (χ4v) is 5.27. The molecule has 0 unspecified atom stereocenters. The van der Waals surface area contributed by atoms with Crippen molar-refractivity contribution in [2.24, 2.45) is 5.41 Å². The van der Waals surface area contributed by atoms with Gasteiger partial charge < -0.3 is 10.6 Å². The van der Waals surface area contributed by atoms with Crippen molar-refractivity contribution in [3.8, 4) is 5.82 Å². The van der Waals surface area contributed by atoms with Crippen LogP contribution < -0.4 is 10.6 Å². The van der Waals surface area contributed by atoms with Crippen LogP contribution in [0.3, 0.4) is 0 Å². The van der Waals surface area contributed by atoms with Gasteiger partial charge in [0.2, 0.25) is 5.91 Å². The van der Waals surface area contributed by atoms with Crippen molar-refractivity contribution >= 4 is 17.5 Å². The van der Waals surface area contributed by atoms with Gasteiger partial charge in [-0.2, -0.15) is 10.2 Å². The van der Waals surface area contributed by atoms with Crippen molar-refractivity contribution < 1.29 is 9.18 Å². The van der Waals surface area contributed by atoms with Gasteiger partial charge in [-0.3, -0.25) is 9.89 Å². The summed E-state index contributed by atoms with van der Waals surface area (Å²) in [5.74, 6) is 2.61. The molecule has 1 fully saturated rings. The molecule has 4 aromatic rings. The third-order valence-electron chi connectivity index (χ3n) is 7.70. The number of H-pyrrole nitrogens is 1. The zero-order chi connectivity index (χ0) is 27.6. The molecule has 1 aliphatic carbocycles. The van der Waals surface area contributed by atoms with Crippen molar-refractivity contribution in [2.45, 2.75) is 71.8 Å². The first-order valence-corrected chi connectivity index (χ1v) is 13.4. The third kappa shape index (κ3) is 5.81. The lowest BCUT2D eigenvalue weighted by Gasteiger charge is -2.38. The highest BCUT2D eigenvalue weighted by Gasteiger charge is 2.41. The van der Waals surface area contributed by atoms with Gasteiger partial charge in [0.25, 0.3) is 0 Å². The standard InChI is InChI=1S/C28H34FN9O/c1-5-28(27(39)33-19(4)21-6-7-25(30-14-21)38-16-22(29)15-31-38)10-8-20(9-11-28)26-32-17(2)12-23(35-26)34-24-13-18(3)36-37-24/h6-7,12-16,19-20H,5,8-11H2,1-4H3,(H,33,39)(H2,32,34,35,36,37)/t19-,20?,28?/m0/s1. The number of carbonyl (C=O) groups is 1. The summed E-state index contributed by atoms with van der Waals surface area (Å²) in [6.07, 6.45) is 8.10. The third-order valence-corrected chi connectivity index (χ3v) is 7.70. The molecule has 3 N–H and O–H groups in total. The number of halogens is 1. The first kappa shape index (κ1) is 26.5. The number of rotatable bonds is 8. The Hall–Kier alpha value is -4.15. The summed E-state index contributed by atoms with van der Waals surface area (Å²) in [6, 6.07) is 7.28. The van der Waals surface area contributed by atoms with Gasteiger partial charge in [0.1, 0.15) is 11.6 Å². The van der Waals surface area contributed by atoms with Gasteiger partial charge in [0.15, 0.2) is 17.5 Å². The number of aromatic amines is 1. The van der Waals surface area contributed by atoms with E-state index in [0.717, 1.165) is 72.7 Å². The Balaban J connectivity index is 1.22. The lowest BCUT2D eigenvalue weighted by atomic mass is 9.68. The second-order valence-corrected chi connectivity index (χ2v) is 10.5. The lowest BCUT2D eigenvalue weighted by Crippen LogP contribution is -2.43. The van der Waals surface area contributed by atoms with Gasteiger partial charge >= 0.3 is 0 Å². The minimum absolute atomic E-state index is 0.0654. The highest BCUT2D eigenvalue weighted by Crippen LogP contribution is 2.45. The molecule has 5 rings (SSSR count). The molecule has 1 amide bonds. The summed E-state index contributed by atoms with van der Waals surface area (Å²) < 4.78 is 14.7. The number of aromatic nitrogens is 7. The van der Waals surface area contributed by atoms with Crippen LogP contribution in [0.2, 0.25) is 0 Å². The number of anilines is 2. The van der Waals surface area contributed by atoms with Crippen LogP contribution >= 0.6 is 0 Å². The number of nitrogens with one attached hydrogen (secondary N) is 3. The van der Waals surface area contributed by atoms with E-state index in [1.54, 1.807) is 12.3 Å². The van der Waals surface area contributed by atoms with Gasteiger partial charge in [-0.25, -0.2) is 24.0 Å². The summed E-state index contributed by atoms with van der Waals surface area (Å²) >= 11 is 0. The molecule has 204 valence electrons. The average molecular weight is 532 g/mol. The molecule has 1 atom stereocenters. The molecule has 11 heteroatoms. The normalized spacial score (nSPS) is 20.0. The zero-order valence-electron chi connectivity index (χ0n) is 22.7. The van der Waals surface area contributed by atoms with Crippen molar-refractivity contribution in [2.75, 3.05) is 5.32 Å². The zero-order valence-corrected chi connectivity index (χ0v) is 22.7. The van der Waals surface area contributed by atoms with E-state index in [-0.39, 0.29) is 17.9 Å². The molecule has 0 radical (unpaired) electrons. The van der Waals surface area contributed by atoms with E-state index < -0.39 is 11.2 Å². The number of carbonyl (C=O) groups excluding carboxylic acids is 1. The van der Waals surface area contributed by atoms with Crippen molar-refractivity contribution in [1.29, 1.82) is 0 Å². The number of pyridine rings is 1. The first-order chi connectivity index (χ1) is 18.7. The molecule has 0 aromatic carbocycles. The minimum atomic E-state index is -0.428. The van der Waals surface area contributed by atoms with Crippen LogP contribution in [0.4, 0.5) is 16.0 Å². The van der Waals surface area contributed by atoms with Crippen LogP contribution in [-0.2, 0) is 4.79 Å². The maximum atomic E-state index is 13.5. The highest BCUT2D eigenvalue weighted by atomic mass is 19.1. The molecular weight excluding hydrogens is 497 g/mol. The smallest absolute Gasteiger partial charge is 0.226 e. The topological polar surface area (TPSA) is 126 Å². The monoisotopic (exact) mass is 531 g/mol. The Morgan fingerprint density at radius 3 is 2.59 bits per heavy atom. The molecule has 0 spiro atoms. The van der Waals surface area contributed by atoms with Crippen LogP contribution in [0.1, 0.15) is 80.7 Å². The molecule has 39 heavy (non-hydrogen) atoms. The molecular formula is C28H34FN9O. The molecule has 0 bridgehead atoms. The molecule has 10 nitrogen and oxygen atoms in total. The summed E-state index contributed by atoms with van der Waals surface area (Å²) in [7, 11) is 0. The van der Waals surface area contributed by atoms with E-state index >= 15 is 0 Å². The average Bonchev–Trinajstić information content (AvgIpc) is 3.55. The molecule has 4 aromatic heterocycles. The Kier molecular flexibility index (Phi) is 7.40. The van der Waals surface area contributed by atoms with Crippen LogP contribution in [0.5, 0.6) is 0 Å². The number of amides is 1. The quantitative estimate of drug-likeness (QED) is 0.285. The maximum Gasteiger partial charge on any atom is 0.226 e. The fourth-order valence-electron chi connectivity index (χ4n) is 5.27. The van der Waals surface area contributed by atoms with Crippen LogP contribution in [0.15, 0.2) is 42.9 Å². The Morgan fingerprint density at radius 2 is 1.97 bits per heavy atom. The summed E-state index contributed by atoms with van der Waals surface area (Å²) in [5.41, 5.74) is 2.31. The van der Waals surface area contributed by atoms with E-state index in [9.17, 15) is 9.18 Å². The Labute approximate surface area is 226 Å². The van der Waals surface area contributed by atoms with Gasteiger partial charge in [-0.15, -0.1) is 0 Å². The van der Waals surface area contributed by atoms with Crippen molar-refractivity contribution in [3.05, 3.63) is 71.4 Å². The highest BCUT2D eigenvalue weighted by molar-refractivity contribution is 5.83. The Morgan fingerprint density at radius 1 is 1.18 bits per heavy atom. The van der Waals surface area contributed by atoms with Gasteiger partial charge in [-0.05, 0) is 64.5 Å². The minimum Gasteiger partial charge on any atom is -0.349 e. The molecule has 4 heterocycles. The summed E-state index contributed by atoms with van der Waals surface area (Å²) in [6.45, 7) is 7.95. The Bertz CT molecular complexity index is 1440. The molecule has 1 aliphatic rings. The lowest BCUT2D eigenvalue weighted by molar-refractivity contribution is -0.134. The van der Waals surface area contributed by atoms with E-state index in [2.05, 4.69) is 37.8 Å². The molecule has 0 aliphatic heterocycles. The van der Waals surface area contributed by atoms with Gasteiger partial charge in [0.05, 0.1) is 18.4 Å². The fraction of sp³-hybridized carbons (Fsp3) is 0.429. The second-order valence-electron chi connectivity index (χ2n) is 10.5. The first-order valence-electron chi connectivity index (χ1n) is 13.4. The predicted octanol–water partition coefficient (Wildman–Crippen LogP) is 5.21. The number of hydrogen-bond donors (Lipinski definition) is 3. The van der Waals surface area contributed by atoms with Crippen LogP contribution in [0, 0.1) is 25.1 Å². The number of nitrogens with zero attached hydrogens (tertiary/aromatic N) is 6. The van der Waals surface area contributed by atoms with Crippen molar-refractivity contribution in [1.82, 2.24) is 40.2 Å². The molecule has 0 saturated heterocycles. The SMILES string of the molecule is CCC1(C(=O)N[C@@H](C)c2ccc(-n3cc(F)cn3)nc2)CCC(c2nc(C)cc(Nc3cc(C)[nH]n3)n2)CC1. The maximum absolute atomic E-state index is 13.5. The van der Waals surface area contributed by atoms with Crippen LogP contribution in [-0.4, -0.2) is 40.8 Å². The van der Waals surface area contributed by atoms with Gasteiger partial charge in [0, 0.05) is 41.1 Å². The van der Waals surface area contributed by atoms with E-state index in [4.69, 9.17) is 9.97 Å². The van der Waals surface area contributed by atoms with Gasteiger partial charge in [-0.1, -0.05) is 13.0 Å². The van der Waals surface area contributed by atoms with Crippen LogP contribution in [0.25, 0.3) is 5.82 Å². The van der Waals surface area contributed by atoms with Crippen molar-refractivity contribution in [3.63, 3.8) is 0 Å². The van der Waals surface area contributed by atoms with E-state index in [1.165, 1.54) is 10.9 Å². The summed E-state index contributed by atoms with van der Waals surface area (Å²) in [5, 5.41) is 17.6. The van der Waals surface area contributed by atoms with E-state index in [1.807, 2.05) is 39.0 Å². The molecule has 1 saturated carbocycles. The number of aryl methyl sites for hydroxylation is 2. The van der Waals surface area contributed by atoms with E-state index in [0.29, 0.717) is 5.82 Å². The predicted molar refractivity (Wildman–Crippen MR) is 145 cm³/mol. The largest absolute Gasteiger partial charge is 0.349 e. The summed E-state index contributed by atoms with van der Waals surface area (Å²) in [4.78, 5) is 27.4. The second kappa shape index (κ2) is 10.9. The number of hydrogen-bond acceptors (Lipinski definition) is 7.